The van der Waals surface area contributed by atoms with E-state index in [9.17, 15) is 14.7 Å². The van der Waals surface area contributed by atoms with Crippen LogP contribution in [0.4, 0.5) is 11.4 Å². The van der Waals surface area contributed by atoms with Crippen molar-refractivity contribution in [1.29, 1.82) is 0 Å². The van der Waals surface area contributed by atoms with Crippen LogP contribution in [0.3, 0.4) is 0 Å². The zero-order chi connectivity index (χ0) is 24.0. The molecule has 34 heavy (non-hydrogen) atoms. The van der Waals surface area contributed by atoms with Crippen LogP contribution in [0.15, 0.2) is 66.7 Å². The van der Waals surface area contributed by atoms with Crippen molar-refractivity contribution in [2.75, 3.05) is 16.6 Å². The summed E-state index contributed by atoms with van der Waals surface area (Å²) in [5, 5.41) is 12.3. The van der Waals surface area contributed by atoms with Crippen LogP contribution < -0.4 is 14.7 Å². The van der Waals surface area contributed by atoms with Crippen molar-refractivity contribution in [3.8, 4) is 11.5 Å². The van der Waals surface area contributed by atoms with Gasteiger partial charge in [-0.05, 0) is 61.4 Å². The molecule has 2 saturated heterocycles. The van der Waals surface area contributed by atoms with E-state index in [0.717, 1.165) is 0 Å². The Kier molecular flexibility index (Phi) is 5.67. The van der Waals surface area contributed by atoms with Crippen molar-refractivity contribution >= 4 is 34.8 Å². The lowest BCUT2D eigenvalue weighted by Gasteiger charge is -2.29. The maximum atomic E-state index is 13.8. The molecular weight excluding hydrogens is 456 g/mol. The predicted octanol–water partition coefficient (Wildman–Crippen LogP) is 4.80. The molecule has 0 saturated carbocycles. The number of hydrogen-bond acceptors (Lipinski definition) is 6. The van der Waals surface area contributed by atoms with Gasteiger partial charge in [-0.15, -0.1) is 0 Å². The molecule has 3 aromatic carbocycles. The number of nitrogens with zero attached hydrogens (tertiary/aromatic N) is 2. The number of hydrogen-bond donors (Lipinski definition) is 1. The first-order valence-corrected chi connectivity index (χ1v) is 11.4. The Balaban J connectivity index is 1.61. The fourth-order valence-electron chi connectivity index (χ4n) is 4.61. The number of carbonyl (C=O) groups excluding carboxylic acids is 2. The summed E-state index contributed by atoms with van der Waals surface area (Å²) in [4.78, 5) is 34.6. The summed E-state index contributed by atoms with van der Waals surface area (Å²) >= 11 is 6.27. The van der Waals surface area contributed by atoms with Crippen LogP contribution in [0.1, 0.15) is 24.1 Å². The van der Waals surface area contributed by atoms with Crippen molar-refractivity contribution in [3.63, 3.8) is 0 Å². The van der Waals surface area contributed by atoms with E-state index in [1.807, 2.05) is 37.3 Å². The number of benzene rings is 3. The van der Waals surface area contributed by atoms with Crippen LogP contribution in [0.25, 0.3) is 0 Å². The van der Waals surface area contributed by atoms with E-state index in [1.54, 1.807) is 42.3 Å². The highest BCUT2D eigenvalue weighted by atomic mass is 35.5. The van der Waals surface area contributed by atoms with Crippen molar-refractivity contribution in [2.24, 2.45) is 5.92 Å². The first-order valence-electron chi connectivity index (χ1n) is 11.0. The second-order valence-electron chi connectivity index (χ2n) is 8.21. The maximum Gasteiger partial charge on any atom is 0.266 e. The van der Waals surface area contributed by atoms with Gasteiger partial charge in [-0.3, -0.25) is 14.4 Å². The van der Waals surface area contributed by atoms with E-state index in [2.05, 4.69) is 0 Å². The van der Waals surface area contributed by atoms with Gasteiger partial charge in [-0.2, -0.15) is 0 Å². The fraction of sp³-hybridized carbons (Fsp3) is 0.231. The van der Waals surface area contributed by atoms with Gasteiger partial charge in [0.25, 0.3) is 5.91 Å². The number of phenols is 1. The Hall–Kier alpha value is -3.55. The minimum atomic E-state index is -1.000. The average Bonchev–Trinajstić information content (AvgIpc) is 3.34. The van der Waals surface area contributed by atoms with Gasteiger partial charge in [-0.1, -0.05) is 41.9 Å². The van der Waals surface area contributed by atoms with Crippen LogP contribution in [0, 0.1) is 12.8 Å². The van der Waals surface area contributed by atoms with E-state index in [0.29, 0.717) is 39.9 Å². The summed E-state index contributed by atoms with van der Waals surface area (Å²) in [6, 6.07) is 18.7. The van der Waals surface area contributed by atoms with Crippen LogP contribution in [0.2, 0.25) is 5.02 Å². The zero-order valence-corrected chi connectivity index (χ0v) is 19.4. The molecule has 5 rings (SSSR count). The van der Waals surface area contributed by atoms with Crippen molar-refractivity contribution in [1.82, 2.24) is 0 Å². The number of ether oxygens (including phenoxy) is 1. The molecular formula is C26H23ClN2O5. The first-order chi connectivity index (χ1) is 16.4. The van der Waals surface area contributed by atoms with Gasteiger partial charge in [0.05, 0.1) is 24.0 Å². The largest absolute Gasteiger partial charge is 0.504 e. The number of para-hydroxylation sites is 1. The summed E-state index contributed by atoms with van der Waals surface area (Å²) in [7, 11) is 0. The van der Waals surface area contributed by atoms with Gasteiger partial charge in [-0.25, -0.2) is 9.96 Å². The number of fused-ring (bicyclic) bond motifs is 1. The predicted molar refractivity (Wildman–Crippen MR) is 128 cm³/mol. The molecule has 8 heteroatoms. The second kappa shape index (κ2) is 8.66. The number of hydroxylamine groups is 1. The lowest BCUT2D eigenvalue weighted by atomic mass is 9.90. The number of anilines is 2. The number of halogens is 1. The van der Waals surface area contributed by atoms with Crippen LogP contribution in [0.5, 0.6) is 11.5 Å². The highest BCUT2D eigenvalue weighted by Gasteiger charge is 2.60. The zero-order valence-electron chi connectivity index (χ0n) is 18.6. The van der Waals surface area contributed by atoms with Gasteiger partial charge in [0, 0.05) is 5.02 Å². The Morgan fingerprint density at radius 1 is 1.03 bits per heavy atom. The topological polar surface area (TPSA) is 79.3 Å². The molecule has 2 aliphatic heterocycles. The third-order valence-electron chi connectivity index (χ3n) is 6.23. The molecule has 2 aliphatic rings. The van der Waals surface area contributed by atoms with Crippen molar-refractivity contribution < 1.29 is 24.3 Å². The number of imide groups is 1. The molecule has 0 spiro atoms. The number of carbonyl (C=O) groups is 2. The normalized spacial score (nSPS) is 21.8. The number of aromatic hydroxyl groups is 1. The monoisotopic (exact) mass is 478 g/mol. The van der Waals surface area contributed by atoms with Gasteiger partial charge < -0.3 is 9.84 Å². The highest BCUT2D eigenvalue weighted by Crippen LogP contribution is 2.49. The van der Waals surface area contributed by atoms with Crippen LogP contribution in [-0.2, 0) is 14.4 Å². The molecule has 0 radical (unpaired) electrons. The number of amides is 2. The van der Waals surface area contributed by atoms with Crippen molar-refractivity contribution in [3.05, 3.63) is 82.9 Å². The third-order valence-corrected chi connectivity index (χ3v) is 6.64. The Morgan fingerprint density at radius 3 is 2.53 bits per heavy atom. The van der Waals surface area contributed by atoms with Gasteiger partial charge in [0.1, 0.15) is 5.92 Å². The molecule has 7 nitrogen and oxygen atoms in total. The van der Waals surface area contributed by atoms with E-state index in [-0.39, 0.29) is 11.7 Å². The van der Waals surface area contributed by atoms with Gasteiger partial charge in [0.15, 0.2) is 17.6 Å². The van der Waals surface area contributed by atoms with E-state index >= 15 is 0 Å². The first kappa shape index (κ1) is 22.3. The van der Waals surface area contributed by atoms with E-state index in [1.165, 1.54) is 11.0 Å². The highest BCUT2D eigenvalue weighted by molar-refractivity contribution is 6.32. The number of rotatable bonds is 5. The lowest BCUT2D eigenvalue weighted by molar-refractivity contribution is -0.126. The SMILES string of the molecule is CCOc1cc([C@@H]2[C@H]3C(=O)N(c4cccc(Cl)c4C)C(=O)[C@@H]3ON2c2ccccc2)ccc1O. The standard InChI is InChI=1S/C26H23ClN2O5/c1-3-33-21-14-16(12-13-20(21)30)23-22-24(34-29(23)17-8-5-4-6-9-17)26(32)28(25(22)31)19-11-7-10-18(27)15(19)2/h4-14,22-24,30H,3H2,1-2H3/t22-,23-,24-/m1/s1. The summed E-state index contributed by atoms with van der Waals surface area (Å²) < 4.78 is 5.57. The third kappa shape index (κ3) is 3.48. The van der Waals surface area contributed by atoms with E-state index in [4.69, 9.17) is 21.2 Å². The number of phenolic OH excluding ortho intramolecular Hbond substituents is 1. The molecule has 2 heterocycles. The quantitative estimate of drug-likeness (QED) is 0.530. The molecule has 0 aromatic heterocycles. The Labute approximate surface area is 202 Å². The summed E-state index contributed by atoms with van der Waals surface area (Å²) in [5.74, 6) is -1.30. The molecule has 174 valence electrons. The molecule has 0 aliphatic carbocycles. The molecule has 3 atom stereocenters. The van der Waals surface area contributed by atoms with E-state index < -0.39 is 24.0 Å². The molecule has 0 unspecified atom stereocenters. The molecule has 1 N–H and O–H groups in total. The van der Waals surface area contributed by atoms with Gasteiger partial charge in [0.2, 0.25) is 5.91 Å². The smallest absolute Gasteiger partial charge is 0.266 e. The van der Waals surface area contributed by atoms with Crippen molar-refractivity contribution in [2.45, 2.75) is 26.0 Å². The Morgan fingerprint density at radius 2 is 1.79 bits per heavy atom. The van der Waals surface area contributed by atoms with Crippen LogP contribution >= 0.6 is 11.6 Å². The van der Waals surface area contributed by atoms with Gasteiger partial charge >= 0.3 is 0 Å². The molecule has 2 amide bonds. The minimum absolute atomic E-state index is 0.00247. The minimum Gasteiger partial charge on any atom is -0.504 e. The summed E-state index contributed by atoms with van der Waals surface area (Å²) in [6.07, 6.45) is -1.000. The maximum absolute atomic E-state index is 13.8. The van der Waals surface area contributed by atoms with Crippen LogP contribution in [-0.4, -0.2) is 29.6 Å². The molecule has 3 aromatic rings. The summed E-state index contributed by atoms with van der Waals surface area (Å²) in [5.41, 5.74) is 2.49. The molecule has 2 fully saturated rings. The Bertz CT molecular complexity index is 1270. The molecule has 0 bridgehead atoms. The summed E-state index contributed by atoms with van der Waals surface area (Å²) in [6.45, 7) is 3.96. The average molecular weight is 479 g/mol. The lowest BCUT2D eigenvalue weighted by Crippen LogP contribution is -2.37. The second-order valence-corrected chi connectivity index (χ2v) is 8.62. The fourth-order valence-corrected chi connectivity index (χ4v) is 4.78.